The summed E-state index contributed by atoms with van der Waals surface area (Å²) >= 11 is 0. The number of aromatic nitrogens is 3. The molecule has 20 heavy (non-hydrogen) atoms. The van der Waals surface area contributed by atoms with Crippen LogP contribution >= 0.6 is 0 Å². The van der Waals surface area contributed by atoms with Gasteiger partial charge in [-0.3, -0.25) is 0 Å². The van der Waals surface area contributed by atoms with Crippen molar-refractivity contribution >= 4 is 11.9 Å². The van der Waals surface area contributed by atoms with E-state index < -0.39 is 0 Å². The SMILES string of the molecule is CCCNc1nc(NC2CCC(C)CC2)nc(OC)n1. The van der Waals surface area contributed by atoms with Gasteiger partial charge in [0.15, 0.2) is 0 Å². The minimum absolute atomic E-state index is 0.352. The van der Waals surface area contributed by atoms with Crippen molar-refractivity contribution in [2.75, 3.05) is 24.3 Å². The van der Waals surface area contributed by atoms with E-state index in [9.17, 15) is 0 Å². The van der Waals surface area contributed by atoms with Crippen LogP contribution < -0.4 is 15.4 Å². The topological polar surface area (TPSA) is 72.0 Å². The largest absolute Gasteiger partial charge is 0.467 e. The molecular formula is C14H25N5O. The number of anilines is 2. The van der Waals surface area contributed by atoms with Crippen LogP contribution in [0.5, 0.6) is 6.01 Å². The second kappa shape index (κ2) is 7.26. The maximum absolute atomic E-state index is 5.14. The number of ether oxygens (including phenoxy) is 1. The summed E-state index contributed by atoms with van der Waals surface area (Å²) in [5.41, 5.74) is 0. The van der Waals surface area contributed by atoms with Gasteiger partial charge < -0.3 is 15.4 Å². The standard InChI is InChI=1S/C14H25N5O/c1-4-9-15-12-17-13(19-14(18-12)20-3)16-11-7-5-10(2)6-8-11/h10-11H,4-9H2,1-3H3,(H2,15,16,17,18,19). The van der Waals surface area contributed by atoms with E-state index in [0.29, 0.717) is 23.9 Å². The van der Waals surface area contributed by atoms with E-state index >= 15 is 0 Å². The number of nitrogens with zero attached hydrogens (tertiary/aromatic N) is 3. The summed E-state index contributed by atoms with van der Waals surface area (Å²) in [6.07, 6.45) is 5.90. The van der Waals surface area contributed by atoms with Crippen LogP contribution in [0.25, 0.3) is 0 Å². The van der Waals surface area contributed by atoms with Gasteiger partial charge in [0, 0.05) is 12.6 Å². The number of methoxy groups -OCH3 is 1. The summed E-state index contributed by atoms with van der Waals surface area (Å²) in [5.74, 6) is 2.02. The van der Waals surface area contributed by atoms with E-state index in [-0.39, 0.29) is 0 Å². The molecule has 0 aliphatic heterocycles. The van der Waals surface area contributed by atoms with Crippen molar-refractivity contribution < 1.29 is 4.74 Å². The Morgan fingerprint density at radius 3 is 2.45 bits per heavy atom. The van der Waals surface area contributed by atoms with Crippen LogP contribution in [0.4, 0.5) is 11.9 Å². The molecule has 1 aliphatic rings. The predicted molar refractivity (Wildman–Crippen MR) is 80.2 cm³/mol. The molecule has 112 valence electrons. The summed E-state index contributed by atoms with van der Waals surface area (Å²) in [6, 6.07) is 0.808. The van der Waals surface area contributed by atoms with Crippen molar-refractivity contribution in [2.45, 2.75) is 52.0 Å². The zero-order chi connectivity index (χ0) is 14.4. The van der Waals surface area contributed by atoms with E-state index in [0.717, 1.165) is 18.9 Å². The van der Waals surface area contributed by atoms with Crippen LogP contribution in [0.2, 0.25) is 0 Å². The smallest absolute Gasteiger partial charge is 0.322 e. The lowest BCUT2D eigenvalue weighted by Gasteiger charge is -2.26. The van der Waals surface area contributed by atoms with Crippen LogP contribution in [-0.2, 0) is 0 Å². The molecule has 6 heteroatoms. The van der Waals surface area contributed by atoms with Crippen molar-refractivity contribution in [2.24, 2.45) is 5.92 Å². The number of rotatable bonds is 6. The van der Waals surface area contributed by atoms with Crippen molar-refractivity contribution in [3.8, 4) is 6.01 Å². The van der Waals surface area contributed by atoms with Crippen LogP contribution in [0, 0.1) is 5.92 Å². The number of nitrogens with one attached hydrogen (secondary N) is 2. The van der Waals surface area contributed by atoms with E-state index in [1.54, 1.807) is 7.11 Å². The summed E-state index contributed by atoms with van der Waals surface area (Å²) < 4.78 is 5.14. The first-order chi connectivity index (χ1) is 9.71. The molecule has 6 nitrogen and oxygen atoms in total. The Kier molecular flexibility index (Phi) is 5.38. The molecule has 2 N–H and O–H groups in total. The quantitative estimate of drug-likeness (QED) is 0.834. The summed E-state index contributed by atoms with van der Waals surface area (Å²) in [4.78, 5) is 12.9. The molecule has 0 spiro atoms. The second-order valence-electron chi connectivity index (χ2n) is 5.50. The molecule has 0 aromatic carbocycles. The van der Waals surface area contributed by atoms with Crippen molar-refractivity contribution in [3.63, 3.8) is 0 Å². The molecule has 0 saturated heterocycles. The van der Waals surface area contributed by atoms with E-state index in [4.69, 9.17) is 4.74 Å². The lowest BCUT2D eigenvalue weighted by molar-refractivity contribution is 0.358. The van der Waals surface area contributed by atoms with Gasteiger partial charge in [-0.1, -0.05) is 13.8 Å². The lowest BCUT2D eigenvalue weighted by Crippen LogP contribution is -2.26. The average Bonchev–Trinajstić information content (AvgIpc) is 2.47. The van der Waals surface area contributed by atoms with Crippen LogP contribution in [0.15, 0.2) is 0 Å². The van der Waals surface area contributed by atoms with Crippen molar-refractivity contribution in [1.82, 2.24) is 15.0 Å². The number of hydrogen-bond donors (Lipinski definition) is 2. The minimum Gasteiger partial charge on any atom is -0.467 e. The zero-order valence-electron chi connectivity index (χ0n) is 12.6. The van der Waals surface area contributed by atoms with Gasteiger partial charge in [-0.15, -0.1) is 0 Å². The van der Waals surface area contributed by atoms with Crippen molar-refractivity contribution in [3.05, 3.63) is 0 Å². The van der Waals surface area contributed by atoms with E-state index in [1.165, 1.54) is 25.7 Å². The summed E-state index contributed by atoms with van der Waals surface area (Å²) in [7, 11) is 1.57. The fraction of sp³-hybridized carbons (Fsp3) is 0.786. The highest BCUT2D eigenvalue weighted by atomic mass is 16.5. The molecule has 1 aromatic rings. The van der Waals surface area contributed by atoms with Gasteiger partial charge in [0.1, 0.15) is 0 Å². The summed E-state index contributed by atoms with van der Waals surface area (Å²) in [5, 5.41) is 6.58. The number of hydrogen-bond acceptors (Lipinski definition) is 6. The van der Waals surface area contributed by atoms with Gasteiger partial charge >= 0.3 is 6.01 Å². The third-order valence-corrected chi connectivity index (χ3v) is 3.68. The highest BCUT2D eigenvalue weighted by Crippen LogP contribution is 2.25. The molecule has 0 bridgehead atoms. The van der Waals surface area contributed by atoms with Crippen molar-refractivity contribution in [1.29, 1.82) is 0 Å². The molecule has 2 rings (SSSR count). The Balaban J connectivity index is 2.02. The van der Waals surface area contributed by atoms with Gasteiger partial charge in [0.2, 0.25) is 11.9 Å². The first-order valence-electron chi connectivity index (χ1n) is 7.51. The maximum Gasteiger partial charge on any atom is 0.322 e. The minimum atomic E-state index is 0.352. The van der Waals surface area contributed by atoms with Gasteiger partial charge in [-0.2, -0.15) is 15.0 Å². The predicted octanol–water partition coefficient (Wildman–Crippen LogP) is 2.69. The third-order valence-electron chi connectivity index (χ3n) is 3.68. The van der Waals surface area contributed by atoms with E-state index in [2.05, 4.69) is 39.4 Å². The molecule has 1 fully saturated rings. The Labute approximate surface area is 120 Å². The molecule has 1 heterocycles. The van der Waals surface area contributed by atoms with E-state index in [1.807, 2.05) is 0 Å². The highest BCUT2D eigenvalue weighted by molar-refractivity contribution is 5.36. The molecule has 0 radical (unpaired) electrons. The highest BCUT2D eigenvalue weighted by Gasteiger charge is 2.19. The van der Waals surface area contributed by atoms with Crippen LogP contribution in [0.3, 0.4) is 0 Å². The maximum atomic E-state index is 5.14. The first kappa shape index (κ1) is 14.8. The molecule has 1 aromatic heterocycles. The lowest BCUT2D eigenvalue weighted by atomic mass is 9.87. The Hall–Kier alpha value is -1.59. The monoisotopic (exact) mass is 279 g/mol. The summed E-state index contributed by atoms with van der Waals surface area (Å²) in [6.45, 7) is 5.26. The fourth-order valence-electron chi connectivity index (χ4n) is 2.42. The fourth-order valence-corrected chi connectivity index (χ4v) is 2.42. The third kappa shape index (κ3) is 4.21. The molecule has 0 atom stereocenters. The Morgan fingerprint density at radius 2 is 1.80 bits per heavy atom. The first-order valence-corrected chi connectivity index (χ1v) is 7.51. The van der Waals surface area contributed by atoms with Crippen LogP contribution in [0.1, 0.15) is 46.0 Å². The molecule has 1 saturated carbocycles. The molecule has 0 unspecified atom stereocenters. The van der Waals surface area contributed by atoms with Gasteiger partial charge in [-0.05, 0) is 38.0 Å². The normalized spacial score (nSPS) is 22.4. The molecular weight excluding hydrogens is 254 g/mol. The van der Waals surface area contributed by atoms with Crippen LogP contribution in [-0.4, -0.2) is 34.6 Å². The molecule has 0 amide bonds. The average molecular weight is 279 g/mol. The Morgan fingerprint density at radius 1 is 1.10 bits per heavy atom. The second-order valence-corrected chi connectivity index (χ2v) is 5.50. The molecule has 1 aliphatic carbocycles. The van der Waals surface area contributed by atoms with Gasteiger partial charge in [0.05, 0.1) is 7.11 Å². The van der Waals surface area contributed by atoms with Gasteiger partial charge in [-0.25, -0.2) is 0 Å². The van der Waals surface area contributed by atoms with Gasteiger partial charge in [0.25, 0.3) is 0 Å². The Bertz CT molecular complexity index is 418. The zero-order valence-corrected chi connectivity index (χ0v) is 12.6.